The zero-order valence-corrected chi connectivity index (χ0v) is 13.8. The van der Waals surface area contributed by atoms with Crippen molar-refractivity contribution in [1.29, 1.82) is 0 Å². The van der Waals surface area contributed by atoms with Crippen LogP contribution in [-0.4, -0.2) is 114 Å². The summed E-state index contributed by atoms with van der Waals surface area (Å²) in [5.74, 6) is 0. The standard InChI is InChI=1S/2K.2H2O.4O.Os/h;;2*1H2;;;;;. The van der Waals surface area contributed by atoms with Gasteiger partial charge < -0.3 is 11.0 Å². The van der Waals surface area contributed by atoms with Crippen LogP contribution in [0.2, 0.25) is 0 Å². The maximum absolute atomic E-state index is 8.63. The zero-order valence-electron chi connectivity index (χ0n) is 4.99. The monoisotopic (exact) mass is 370 g/mol. The van der Waals surface area contributed by atoms with Crippen molar-refractivity contribution in [3.8, 4) is 0 Å². The Hall–Kier alpha value is 3.03. The first kappa shape index (κ1) is 29.6. The van der Waals surface area contributed by atoms with E-state index in [0.717, 1.165) is 0 Å². The Kier molecular flexibility index (Phi) is 44.8. The van der Waals surface area contributed by atoms with Crippen LogP contribution in [0, 0.1) is 0 Å². The van der Waals surface area contributed by atoms with Crippen LogP contribution < -0.4 is 0 Å². The quantitative estimate of drug-likeness (QED) is 0.425. The normalized spacial score (nSPS) is 6.22. The van der Waals surface area contributed by atoms with Crippen molar-refractivity contribution in [3.63, 3.8) is 0 Å². The van der Waals surface area contributed by atoms with Crippen molar-refractivity contribution in [3.05, 3.63) is 0 Å². The molecule has 0 atom stereocenters. The van der Waals surface area contributed by atoms with E-state index < -0.39 is 14.8 Å². The Morgan fingerprint density at radius 2 is 0.667 bits per heavy atom. The van der Waals surface area contributed by atoms with Crippen LogP contribution in [0.25, 0.3) is 0 Å². The van der Waals surface area contributed by atoms with Crippen molar-refractivity contribution in [1.82, 2.24) is 0 Å². The molecule has 0 aromatic heterocycles. The fourth-order valence-corrected chi connectivity index (χ4v) is 0. The Morgan fingerprint density at radius 1 is 0.667 bits per heavy atom. The molecule has 9 heavy (non-hydrogen) atoms. The molecule has 0 aliphatic heterocycles. The van der Waals surface area contributed by atoms with Crippen LogP contribution in [0.4, 0.5) is 0 Å². The summed E-state index contributed by atoms with van der Waals surface area (Å²) in [4.78, 5) is 0. The molecular weight excluding hydrogens is 364 g/mol. The van der Waals surface area contributed by atoms with Crippen LogP contribution in [0.3, 0.4) is 0 Å². The average Bonchev–Trinajstić information content (AvgIpc) is 0.722. The van der Waals surface area contributed by atoms with E-state index in [4.69, 9.17) is 14.2 Å². The third kappa shape index (κ3) is 98.0. The molecule has 0 spiro atoms. The van der Waals surface area contributed by atoms with Gasteiger partial charge in [-0.3, -0.25) is 0 Å². The van der Waals surface area contributed by atoms with E-state index in [1.165, 1.54) is 0 Å². The molecule has 0 fully saturated rings. The summed E-state index contributed by atoms with van der Waals surface area (Å²) < 4.78 is 34.5. The predicted molar refractivity (Wildman–Crippen MR) is 21.5 cm³/mol. The second-order valence-corrected chi connectivity index (χ2v) is 2.89. The van der Waals surface area contributed by atoms with Gasteiger partial charge in [0.25, 0.3) is 0 Å². The van der Waals surface area contributed by atoms with Crippen LogP contribution in [-0.2, 0) is 29.0 Å². The third-order valence-corrected chi connectivity index (χ3v) is 0. The SMILES string of the molecule is O.O.[K].[K].[O]=[Os](=[O])(=[O])=[O]. The van der Waals surface area contributed by atoms with Gasteiger partial charge in [-0.05, 0) is 0 Å². The summed E-state index contributed by atoms with van der Waals surface area (Å²) >= 11 is -6.06. The minimum absolute atomic E-state index is 0. The molecule has 50 valence electrons. The Bertz CT molecular complexity index is 162. The van der Waals surface area contributed by atoms with Gasteiger partial charge in [0.2, 0.25) is 0 Å². The molecule has 0 heterocycles. The van der Waals surface area contributed by atoms with Crippen LogP contribution in [0.5, 0.6) is 0 Å². The molecular formula is H4K2O6Os. The molecule has 0 saturated carbocycles. The van der Waals surface area contributed by atoms with Gasteiger partial charge in [0.05, 0.1) is 0 Å². The van der Waals surface area contributed by atoms with E-state index >= 15 is 0 Å². The van der Waals surface area contributed by atoms with Gasteiger partial charge in [-0.1, -0.05) is 0 Å². The van der Waals surface area contributed by atoms with E-state index in [-0.39, 0.29) is 114 Å². The summed E-state index contributed by atoms with van der Waals surface area (Å²) in [7, 11) is 0. The van der Waals surface area contributed by atoms with Gasteiger partial charge in [0.1, 0.15) is 0 Å². The Morgan fingerprint density at radius 3 is 0.667 bits per heavy atom. The van der Waals surface area contributed by atoms with E-state index in [0.29, 0.717) is 0 Å². The van der Waals surface area contributed by atoms with Crippen molar-refractivity contribution in [2.75, 3.05) is 0 Å². The summed E-state index contributed by atoms with van der Waals surface area (Å²) in [6.07, 6.45) is 0. The molecule has 0 bridgehead atoms. The first-order valence-corrected chi connectivity index (χ1v) is 4.73. The summed E-state index contributed by atoms with van der Waals surface area (Å²) in [5.41, 5.74) is 0. The molecule has 0 aliphatic rings. The molecule has 0 amide bonds. The first-order valence-electron chi connectivity index (χ1n) is 0.577. The Labute approximate surface area is 139 Å². The van der Waals surface area contributed by atoms with Crippen molar-refractivity contribution >= 4 is 103 Å². The minimum atomic E-state index is -6.06. The summed E-state index contributed by atoms with van der Waals surface area (Å²) in [6.45, 7) is 0. The molecule has 0 aromatic carbocycles. The van der Waals surface area contributed by atoms with E-state index in [2.05, 4.69) is 0 Å². The summed E-state index contributed by atoms with van der Waals surface area (Å²) in [6, 6.07) is 0. The van der Waals surface area contributed by atoms with Gasteiger partial charge in [-0.15, -0.1) is 0 Å². The maximum atomic E-state index is 8.63. The second kappa shape index (κ2) is 13.6. The first-order chi connectivity index (χ1) is 2.00. The molecule has 0 aliphatic carbocycles. The third-order valence-electron chi connectivity index (χ3n) is 0. The molecule has 2 radical (unpaired) electrons. The number of hydrogen-bond acceptors (Lipinski definition) is 4. The molecule has 0 saturated heterocycles. The fraction of sp³-hybridized carbons (Fsp3) is 0. The van der Waals surface area contributed by atoms with Crippen LogP contribution >= 0.6 is 0 Å². The fourth-order valence-electron chi connectivity index (χ4n) is 0. The topological polar surface area (TPSA) is 131 Å². The molecule has 9 heteroatoms. The average molecular weight is 368 g/mol. The van der Waals surface area contributed by atoms with Crippen molar-refractivity contribution < 1.29 is 39.9 Å². The number of hydrogen-bond donors (Lipinski definition) is 0. The van der Waals surface area contributed by atoms with Crippen molar-refractivity contribution in [2.24, 2.45) is 0 Å². The zero-order chi connectivity index (χ0) is 4.50. The van der Waals surface area contributed by atoms with Gasteiger partial charge in [0.15, 0.2) is 0 Å². The van der Waals surface area contributed by atoms with Gasteiger partial charge >= 0.3 is 29.0 Å². The summed E-state index contributed by atoms with van der Waals surface area (Å²) in [5, 5.41) is 0. The molecule has 6 nitrogen and oxygen atoms in total. The van der Waals surface area contributed by atoms with Crippen LogP contribution in [0.1, 0.15) is 0 Å². The van der Waals surface area contributed by atoms with Gasteiger partial charge in [0, 0.05) is 103 Å². The van der Waals surface area contributed by atoms with E-state index in [1.807, 2.05) is 0 Å². The Balaban J connectivity index is -0.0000000133. The van der Waals surface area contributed by atoms with Crippen molar-refractivity contribution in [2.45, 2.75) is 0 Å². The molecule has 0 aromatic rings. The predicted octanol–water partition coefficient (Wildman–Crippen LogP) is -2.89. The van der Waals surface area contributed by atoms with Crippen LogP contribution in [0.15, 0.2) is 0 Å². The number of rotatable bonds is 0. The molecule has 0 rings (SSSR count). The van der Waals surface area contributed by atoms with E-state index in [1.54, 1.807) is 0 Å². The molecule has 4 N–H and O–H groups in total. The van der Waals surface area contributed by atoms with E-state index in [9.17, 15) is 0 Å². The van der Waals surface area contributed by atoms with Gasteiger partial charge in [-0.2, -0.15) is 0 Å². The van der Waals surface area contributed by atoms with Gasteiger partial charge in [-0.25, -0.2) is 0 Å². The second-order valence-electron chi connectivity index (χ2n) is 0.354. The molecule has 0 unspecified atom stereocenters.